The fourth-order valence-corrected chi connectivity index (χ4v) is 3.07. The predicted octanol–water partition coefficient (Wildman–Crippen LogP) is 1.58. The van der Waals surface area contributed by atoms with Gasteiger partial charge in [-0.05, 0) is 22.4 Å². The summed E-state index contributed by atoms with van der Waals surface area (Å²) < 4.78 is 6.34. The maximum absolute atomic E-state index is 12.4. The van der Waals surface area contributed by atoms with Gasteiger partial charge in [-0.25, -0.2) is 4.63 Å². The molecule has 27 heavy (non-hydrogen) atoms. The third-order valence-electron chi connectivity index (χ3n) is 3.67. The molecule has 3 aromatic rings. The van der Waals surface area contributed by atoms with Crippen molar-refractivity contribution in [2.45, 2.75) is 12.1 Å². The van der Waals surface area contributed by atoms with Crippen molar-refractivity contribution in [3.63, 3.8) is 0 Å². The third kappa shape index (κ3) is 4.14. The molecule has 0 radical (unpaired) electrons. The molecule has 0 unspecified atom stereocenters. The molecular formula is C16H17N7O3S. The van der Waals surface area contributed by atoms with Crippen molar-refractivity contribution in [3.05, 3.63) is 30.3 Å². The highest BCUT2D eigenvalue weighted by Gasteiger charge is 2.21. The van der Waals surface area contributed by atoms with Crippen LogP contribution in [0.3, 0.4) is 0 Å². The quantitative estimate of drug-likeness (QED) is 0.633. The molecule has 2 heterocycles. The summed E-state index contributed by atoms with van der Waals surface area (Å²) >= 11 is 1.25. The molecule has 0 saturated carbocycles. The Morgan fingerprint density at radius 2 is 1.96 bits per heavy atom. The van der Waals surface area contributed by atoms with Crippen molar-refractivity contribution in [1.29, 1.82) is 0 Å². The maximum atomic E-state index is 12.4. The zero-order valence-electron chi connectivity index (χ0n) is 14.9. The molecule has 0 aliphatic rings. The number of nitrogens with zero attached hydrogens (tertiary/aromatic N) is 6. The molecule has 0 spiro atoms. The van der Waals surface area contributed by atoms with Gasteiger partial charge in [-0.15, -0.1) is 10.2 Å². The number of thioether (sulfide) groups is 1. The second-order valence-electron chi connectivity index (χ2n) is 5.58. The van der Waals surface area contributed by atoms with Crippen molar-refractivity contribution < 1.29 is 14.2 Å². The van der Waals surface area contributed by atoms with E-state index in [-0.39, 0.29) is 29.1 Å². The van der Waals surface area contributed by atoms with Crippen LogP contribution < -0.4 is 10.2 Å². The highest BCUT2D eigenvalue weighted by molar-refractivity contribution is 7.99. The fourth-order valence-electron chi connectivity index (χ4n) is 2.25. The Kier molecular flexibility index (Phi) is 5.50. The van der Waals surface area contributed by atoms with E-state index in [0.29, 0.717) is 11.0 Å². The van der Waals surface area contributed by atoms with Gasteiger partial charge in [0.1, 0.15) is 0 Å². The second-order valence-corrected chi connectivity index (χ2v) is 6.53. The van der Waals surface area contributed by atoms with Crippen molar-refractivity contribution in [1.82, 2.24) is 25.1 Å². The Hall–Kier alpha value is -3.21. The highest BCUT2D eigenvalue weighted by atomic mass is 32.2. The van der Waals surface area contributed by atoms with Crippen LogP contribution in [-0.4, -0.2) is 49.7 Å². The molecule has 0 aliphatic carbocycles. The Morgan fingerprint density at radius 3 is 2.67 bits per heavy atom. The van der Waals surface area contributed by atoms with Crippen LogP contribution in [-0.2, 0) is 16.6 Å². The van der Waals surface area contributed by atoms with Gasteiger partial charge >= 0.3 is 0 Å². The lowest BCUT2D eigenvalue weighted by Gasteiger charge is -2.16. The Morgan fingerprint density at radius 1 is 1.22 bits per heavy atom. The van der Waals surface area contributed by atoms with E-state index < -0.39 is 0 Å². The molecule has 0 aliphatic heterocycles. The normalized spacial score (nSPS) is 10.6. The van der Waals surface area contributed by atoms with Gasteiger partial charge in [0.05, 0.1) is 5.75 Å². The van der Waals surface area contributed by atoms with Crippen molar-refractivity contribution >= 4 is 35.1 Å². The minimum Gasteiger partial charge on any atom is -0.315 e. The van der Waals surface area contributed by atoms with Crippen LogP contribution >= 0.6 is 11.8 Å². The first-order chi connectivity index (χ1) is 13.0. The van der Waals surface area contributed by atoms with Gasteiger partial charge < -0.3 is 14.8 Å². The van der Waals surface area contributed by atoms with E-state index in [1.165, 1.54) is 18.7 Å². The van der Waals surface area contributed by atoms with Crippen LogP contribution in [0, 0.1) is 0 Å². The molecule has 1 aromatic carbocycles. The van der Waals surface area contributed by atoms with Crippen LogP contribution in [0.15, 0.2) is 40.1 Å². The minimum atomic E-state index is -0.307. The van der Waals surface area contributed by atoms with Gasteiger partial charge in [0.2, 0.25) is 17.6 Å². The Labute approximate surface area is 158 Å². The molecule has 11 heteroatoms. The van der Waals surface area contributed by atoms with Gasteiger partial charge in [-0.2, -0.15) is 0 Å². The van der Waals surface area contributed by atoms with Crippen molar-refractivity contribution in [2.75, 3.05) is 23.0 Å². The summed E-state index contributed by atoms with van der Waals surface area (Å²) in [4.78, 5) is 25.2. The molecule has 0 bridgehead atoms. The van der Waals surface area contributed by atoms with Crippen LogP contribution in [0.2, 0.25) is 0 Å². The van der Waals surface area contributed by atoms with Crippen LogP contribution in [0.4, 0.5) is 11.5 Å². The van der Waals surface area contributed by atoms with Crippen molar-refractivity contribution in [2.24, 2.45) is 7.05 Å². The summed E-state index contributed by atoms with van der Waals surface area (Å²) in [5.74, 6) is 0.337. The number of benzene rings is 1. The number of para-hydroxylation sites is 1. The van der Waals surface area contributed by atoms with Crippen molar-refractivity contribution in [3.8, 4) is 11.5 Å². The van der Waals surface area contributed by atoms with E-state index in [9.17, 15) is 9.59 Å². The summed E-state index contributed by atoms with van der Waals surface area (Å²) in [6.07, 6.45) is 0. The first kappa shape index (κ1) is 18.6. The average molecular weight is 387 g/mol. The van der Waals surface area contributed by atoms with Gasteiger partial charge in [0.15, 0.2) is 16.7 Å². The van der Waals surface area contributed by atoms with Gasteiger partial charge in [-0.1, -0.05) is 30.0 Å². The number of amides is 2. The van der Waals surface area contributed by atoms with E-state index in [0.717, 1.165) is 5.69 Å². The highest BCUT2D eigenvalue weighted by Crippen LogP contribution is 2.26. The molecule has 2 amide bonds. The van der Waals surface area contributed by atoms with E-state index in [4.69, 9.17) is 0 Å². The largest absolute Gasteiger partial charge is 0.315 e. The van der Waals surface area contributed by atoms with Crippen LogP contribution in [0.1, 0.15) is 6.92 Å². The zero-order chi connectivity index (χ0) is 19.4. The Balaban J connectivity index is 1.70. The molecule has 10 nitrogen and oxygen atoms in total. The molecule has 0 saturated heterocycles. The Bertz CT molecular complexity index is 954. The lowest BCUT2D eigenvalue weighted by Crippen LogP contribution is -2.27. The number of rotatable bonds is 6. The number of aromatic nitrogens is 5. The average Bonchev–Trinajstić information content (AvgIpc) is 3.25. The molecule has 2 aromatic heterocycles. The molecule has 140 valence electrons. The first-order valence-corrected chi connectivity index (χ1v) is 8.90. The number of carbonyl (C=O) groups is 2. The number of nitrogens with one attached hydrogen (secondary N) is 1. The van der Waals surface area contributed by atoms with E-state index in [1.807, 2.05) is 30.3 Å². The number of carbonyl (C=O) groups excluding carboxylic acids is 2. The molecule has 0 atom stereocenters. The summed E-state index contributed by atoms with van der Waals surface area (Å²) in [5.41, 5.74) is 1.08. The monoisotopic (exact) mass is 387 g/mol. The minimum absolute atomic E-state index is 0.0715. The van der Waals surface area contributed by atoms with Gasteiger partial charge in [0, 0.05) is 26.7 Å². The standard InChI is InChI=1S/C16H17N7O3S/c1-10(24)17-14-13(20-26-21-14)15-18-19-16(23(15)3)27-9-12(25)22(2)11-7-5-4-6-8-11/h4-8H,9H2,1-3H3,(H,17,21,24). The summed E-state index contributed by atoms with van der Waals surface area (Å²) in [6, 6.07) is 9.37. The predicted molar refractivity (Wildman–Crippen MR) is 99.2 cm³/mol. The molecular weight excluding hydrogens is 370 g/mol. The number of anilines is 2. The lowest BCUT2D eigenvalue weighted by molar-refractivity contribution is -0.116. The fraction of sp³-hybridized carbons (Fsp3) is 0.250. The molecule has 1 N–H and O–H groups in total. The van der Waals surface area contributed by atoms with E-state index in [2.05, 4.69) is 30.5 Å². The zero-order valence-corrected chi connectivity index (χ0v) is 15.7. The van der Waals surface area contributed by atoms with Crippen LogP contribution in [0.25, 0.3) is 11.5 Å². The van der Waals surface area contributed by atoms with E-state index >= 15 is 0 Å². The second kappa shape index (κ2) is 7.99. The topological polar surface area (TPSA) is 119 Å². The maximum Gasteiger partial charge on any atom is 0.237 e. The van der Waals surface area contributed by atoms with Gasteiger partial charge in [0.25, 0.3) is 0 Å². The first-order valence-electron chi connectivity index (χ1n) is 7.91. The smallest absolute Gasteiger partial charge is 0.237 e. The summed E-state index contributed by atoms with van der Waals surface area (Å²) in [7, 11) is 3.45. The third-order valence-corrected chi connectivity index (χ3v) is 4.68. The number of hydrogen-bond donors (Lipinski definition) is 1. The lowest BCUT2D eigenvalue weighted by atomic mass is 10.3. The number of hydrogen-bond acceptors (Lipinski definition) is 8. The van der Waals surface area contributed by atoms with Gasteiger partial charge in [-0.3, -0.25) is 9.59 Å². The summed E-state index contributed by atoms with van der Waals surface area (Å²) in [5, 5.41) is 18.6. The van der Waals surface area contributed by atoms with E-state index in [1.54, 1.807) is 23.6 Å². The molecule has 0 fully saturated rings. The van der Waals surface area contributed by atoms with Crippen LogP contribution in [0.5, 0.6) is 0 Å². The SMILES string of the molecule is CC(=O)Nc1nonc1-c1nnc(SCC(=O)N(C)c2ccccc2)n1C. The summed E-state index contributed by atoms with van der Waals surface area (Å²) in [6.45, 7) is 1.35. The molecule has 3 rings (SSSR count).